The molecule has 0 bridgehead atoms. The number of nitrogens with one attached hydrogen (secondary N) is 1. The minimum absolute atomic E-state index is 0.430. The molecule has 92 valence electrons. The molecule has 2 aromatic rings. The highest BCUT2D eigenvalue weighted by atomic mass is 15.2. The fourth-order valence-corrected chi connectivity index (χ4v) is 2.24. The Balaban J connectivity index is 2.27. The molecule has 3 nitrogen and oxygen atoms in total. The fraction of sp³-hybridized carbons (Fsp3) is 0.500. The van der Waals surface area contributed by atoms with Crippen molar-refractivity contribution in [1.82, 2.24) is 14.9 Å². The largest absolute Gasteiger partial charge is 0.310 e. The van der Waals surface area contributed by atoms with E-state index in [1.807, 2.05) is 23.0 Å². The van der Waals surface area contributed by atoms with Crippen molar-refractivity contribution in [2.45, 2.75) is 39.2 Å². The maximum atomic E-state index is 4.41. The zero-order valence-electron chi connectivity index (χ0n) is 10.7. The fourth-order valence-electron chi connectivity index (χ4n) is 2.24. The van der Waals surface area contributed by atoms with Crippen LogP contribution in [0.25, 0.3) is 5.52 Å². The molecule has 2 aromatic heterocycles. The van der Waals surface area contributed by atoms with Gasteiger partial charge in [-0.1, -0.05) is 32.8 Å². The average Bonchev–Trinajstić information content (AvgIpc) is 2.78. The third-order valence-electron chi connectivity index (χ3n) is 3.13. The zero-order chi connectivity index (χ0) is 12.1. The summed E-state index contributed by atoms with van der Waals surface area (Å²) in [5.74, 6) is 0. The Morgan fingerprint density at radius 1 is 1.35 bits per heavy atom. The molecule has 3 heteroatoms. The molecule has 0 aliphatic rings. The maximum absolute atomic E-state index is 4.41. The Hall–Kier alpha value is -1.35. The van der Waals surface area contributed by atoms with Crippen LogP contribution in [0.1, 0.15) is 44.7 Å². The number of nitrogens with zero attached hydrogens (tertiary/aromatic N) is 2. The molecule has 0 amide bonds. The minimum Gasteiger partial charge on any atom is -0.310 e. The average molecular weight is 231 g/mol. The Morgan fingerprint density at radius 2 is 2.24 bits per heavy atom. The molecule has 2 rings (SSSR count). The van der Waals surface area contributed by atoms with Gasteiger partial charge in [0.15, 0.2) is 0 Å². The molecule has 2 heterocycles. The van der Waals surface area contributed by atoms with Gasteiger partial charge in [0.05, 0.1) is 11.7 Å². The SMILES string of the molecule is CCCCC(NCC)c1cnn2ccccc12. The van der Waals surface area contributed by atoms with Crippen molar-refractivity contribution >= 4 is 5.52 Å². The number of aromatic nitrogens is 2. The highest BCUT2D eigenvalue weighted by molar-refractivity contribution is 5.54. The third-order valence-corrected chi connectivity index (χ3v) is 3.13. The summed E-state index contributed by atoms with van der Waals surface area (Å²) in [5, 5.41) is 7.97. The number of pyridine rings is 1. The Bertz CT molecular complexity index is 461. The quantitative estimate of drug-likeness (QED) is 0.827. The van der Waals surface area contributed by atoms with Gasteiger partial charge >= 0.3 is 0 Å². The van der Waals surface area contributed by atoms with Crippen LogP contribution in [0.3, 0.4) is 0 Å². The van der Waals surface area contributed by atoms with E-state index < -0.39 is 0 Å². The van der Waals surface area contributed by atoms with Crippen LogP contribution in [0, 0.1) is 0 Å². The first-order valence-electron chi connectivity index (χ1n) is 6.52. The number of rotatable bonds is 6. The van der Waals surface area contributed by atoms with Crippen LogP contribution < -0.4 is 5.32 Å². The van der Waals surface area contributed by atoms with Crippen LogP contribution in [0.4, 0.5) is 0 Å². The predicted molar refractivity (Wildman–Crippen MR) is 71.1 cm³/mol. The van der Waals surface area contributed by atoms with Gasteiger partial charge in [0, 0.05) is 17.8 Å². The van der Waals surface area contributed by atoms with E-state index in [1.165, 1.54) is 30.3 Å². The van der Waals surface area contributed by atoms with Crippen LogP contribution in [-0.2, 0) is 0 Å². The lowest BCUT2D eigenvalue weighted by atomic mass is 10.0. The standard InChI is InChI=1S/C14H21N3/c1-3-5-8-13(15-4-2)12-11-16-17-10-7-6-9-14(12)17/h6-7,9-11,13,15H,3-5,8H2,1-2H3. The summed E-state index contributed by atoms with van der Waals surface area (Å²) in [6.07, 6.45) is 7.67. The molecule has 0 radical (unpaired) electrons. The van der Waals surface area contributed by atoms with E-state index in [-0.39, 0.29) is 0 Å². The summed E-state index contributed by atoms with van der Waals surface area (Å²) in [7, 11) is 0. The van der Waals surface area contributed by atoms with E-state index in [2.05, 4.69) is 36.4 Å². The van der Waals surface area contributed by atoms with E-state index >= 15 is 0 Å². The zero-order valence-corrected chi connectivity index (χ0v) is 10.7. The summed E-state index contributed by atoms with van der Waals surface area (Å²) < 4.78 is 1.95. The molecule has 0 aromatic carbocycles. The van der Waals surface area contributed by atoms with Gasteiger partial charge in [0.2, 0.25) is 0 Å². The van der Waals surface area contributed by atoms with Crippen LogP contribution in [0.5, 0.6) is 0 Å². The lowest BCUT2D eigenvalue weighted by molar-refractivity contribution is 0.497. The van der Waals surface area contributed by atoms with Gasteiger partial charge in [0.1, 0.15) is 0 Å². The van der Waals surface area contributed by atoms with E-state index in [9.17, 15) is 0 Å². The van der Waals surface area contributed by atoms with E-state index in [0.717, 1.165) is 6.54 Å². The molecule has 0 saturated carbocycles. The summed E-state index contributed by atoms with van der Waals surface area (Å²) in [6, 6.07) is 6.65. The Morgan fingerprint density at radius 3 is 3.00 bits per heavy atom. The van der Waals surface area contributed by atoms with Gasteiger partial charge in [-0.25, -0.2) is 4.52 Å². The van der Waals surface area contributed by atoms with Crippen molar-refractivity contribution in [3.63, 3.8) is 0 Å². The van der Waals surface area contributed by atoms with Crippen LogP contribution >= 0.6 is 0 Å². The van der Waals surface area contributed by atoms with Crippen LogP contribution in [-0.4, -0.2) is 16.2 Å². The number of hydrogen-bond donors (Lipinski definition) is 1. The molecule has 1 N–H and O–H groups in total. The van der Waals surface area contributed by atoms with Gasteiger partial charge in [-0.05, 0) is 25.1 Å². The lowest BCUT2D eigenvalue weighted by Crippen LogP contribution is -2.20. The Kier molecular flexibility index (Phi) is 4.15. The van der Waals surface area contributed by atoms with Crippen molar-refractivity contribution in [3.05, 3.63) is 36.2 Å². The monoisotopic (exact) mass is 231 g/mol. The molecule has 17 heavy (non-hydrogen) atoms. The highest BCUT2D eigenvalue weighted by Gasteiger charge is 2.14. The van der Waals surface area contributed by atoms with E-state index in [1.54, 1.807) is 0 Å². The first-order valence-corrected chi connectivity index (χ1v) is 6.52. The topological polar surface area (TPSA) is 29.3 Å². The summed E-state index contributed by atoms with van der Waals surface area (Å²) in [5.41, 5.74) is 2.54. The van der Waals surface area contributed by atoms with E-state index in [0.29, 0.717) is 6.04 Å². The van der Waals surface area contributed by atoms with Gasteiger partial charge in [0.25, 0.3) is 0 Å². The second-order valence-electron chi connectivity index (χ2n) is 4.38. The molecular weight excluding hydrogens is 210 g/mol. The van der Waals surface area contributed by atoms with Crippen molar-refractivity contribution < 1.29 is 0 Å². The minimum atomic E-state index is 0.430. The van der Waals surface area contributed by atoms with Crippen molar-refractivity contribution in [3.8, 4) is 0 Å². The highest BCUT2D eigenvalue weighted by Crippen LogP contribution is 2.23. The number of fused-ring (bicyclic) bond motifs is 1. The molecule has 1 unspecified atom stereocenters. The number of hydrogen-bond acceptors (Lipinski definition) is 2. The molecule has 0 spiro atoms. The van der Waals surface area contributed by atoms with Crippen molar-refractivity contribution in [2.24, 2.45) is 0 Å². The molecular formula is C14H21N3. The smallest absolute Gasteiger partial charge is 0.0709 e. The molecule has 1 atom stereocenters. The third kappa shape index (κ3) is 2.67. The summed E-state index contributed by atoms with van der Waals surface area (Å²) >= 11 is 0. The first kappa shape index (κ1) is 12.1. The normalized spacial score (nSPS) is 13.1. The second kappa shape index (κ2) is 5.82. The van der Waals surface area contributed by atoms with Gasteiger partial charge in [-0.2, -0.15) is 5.10 Å². The first-order chi connectivity index (χ1) is 8.36. The van der Waals surface area contributed by atoms with Crippen molar-refractivity contribution in [2.75, 3.05) is 6.54 Å². The second-order valence-corrected chi connectivity index (χ2v) is 4.38. The van der Waals surface area contributed by atoms with Gasteiger partial charge in [-0.15, -0.1) is 0 Å². The van der Waals surface area contributed by atoms with E-state index in [4.69, 9.17) is 0 Å². The maximum Gasteiger partial charge on any atom is 0.0709 e. The summed E-state index contributed by atoms with van der Waals surface area (Å²) in [6.45, 7) is 5.39. The van der Waals surface area contributed by atoms with Gasteiger partial charge in [-0.3, -0.25) is 0 Å². The predicted octanol–water partition coefficient (Wildman–Crippen LogP) is 3.18. The van der Waals surface area contributed by atoms with Crippen LogP contribution in [0.15, 0.2) is 30.6 Å². The Labute approximate surface area is 103 Å². The summed E-state index contributed by atoms with van der Waals surface area (Å²) in [4.78, 5) is 0. The number of unbranched alkanes of at least 4 members (excludes halogenated alkanes) is 1. The van der Waals surface area contributed by atoms with Crippen LogP contribution in [0.2, 0.25) is 0 Å². The molecule has 0 aliphatic heterocycles. The molecule has 0 aliphatic carbocycles. The lowest BCUT2D eigenvalue weighted by Gasteiger charge is -2.16. The van der Waals surface area contributed by atoms with Crippen molar-refractivity contribution in [1.29, 1.82) is 0 Å². The molecule has 0 saturated heterocycles. The van der Waals surface area contributed by atoms with Gasteiger partial charge < -0.3 is 5.32 Å². The molecule has 0 fully saturated rings.